The number of methoxy groups -OCH3 is 1. The van der Waals surface area contributed by atoms with Gasteiger partial charge in [0.15, 0.2) is 0 Å². The lowest BCUT2D eigenvalue weighted by molar-refractivity contribution is -0.150. The number of ether oxygens (including phenoxy) is 2. The second-order valence-corrected chi connectivity index (χ2v) is 6.96. The molecule has 160 valence electrons. The monoisotopic (exact) mass is 422 g/mol. The minimum Gasteiger partial charge on any atom is -0.465 e. The number of rotatable bonds is 5. The number of carbonyl (C=O) groups excluding carboxylic acids is 2. The van der Waals surface area contributed by atoms with Crippen molar-refractivity contribution in [2.24, 2.45) is 5.92 Å². The van der Waals surface area contributed by atoms with Crippen LogP contribution in [-0.4, -0.2) is 37.1 Å². The van der Waals surface area contributed by atoms with Crippen molar-refractivity contribution < 1.29 is 32.2 Å². The van der Waals surface area contributed by atoms with E-state index in [1.54, 1.807) is 24.3 Å². The molecule has 0 aliphatic carbocycles. The number of benzene rings is 1. The SMILES string of the molecule is COC(=O)c1ccc(COC(=O)C2CCN(c3ccc(C(F)(F)F)cn3)CC2)cc1. The first-order valence-corrected chi connectivity index (χ1v) is 9.40. The fourth-order valence-electron chi connectivity index (χ4n) is 3.21. The number of alkyl halides is 3. The molecule has 1 saturated heterocycles. The van der Waals surface area contributed by atoms with Crippen molar-refractivity contribution in [2.45, 2.75) is 25.6 Å². The first-order chi connectivity index (χ1) is 14.3. The van der Waals surface area contributed by atoms with E-state index in [0.717, 1.165) is 17.8 Å². The molecule has 0 bridgehead atoms. The Morgan fingerprint density at radius 1 is 1.10 bits per heavy atom. The van der Waals surface area contributed by atoms with Gasteiger partial charge in [0.05, 0.1) is 24.2 Å². The van der Waals surface area contributed by atoms with Gasteiger partial charge >= 0.3 is 18.1 Å². The van der Waals surface area contributed by atoms with E-state index in [-0.39, 0.29) is 18.5 Å². The maximum atomic E-state index is 12.6. The molecule has 1 aromatic heterocycles. The van der Waals surface area contributed by atoms with Gasteiger partial charge in [-0.15, -0.1) is 0 Å². The Hall–Kier alpha value is -3.10. The number of esters is 2. The molecule has 0 N–H and O–H groups in total. The predicted molar refractivity (Wildman–Crippen MR) is 102 cm³/mol. The molecule has 0 saturated carbocycles. The molecule has 0 unspecified atom stereocenters. The molecule has 2 aromatic rings. The van der Waals surface area contributed by atoms with Crippen LogP contribution in [0.3, 0.4) is 0 Å². The van der Waals surface area contributed by atoms with E-state index < -0.39 is 17.7 Å². The highest BCUT2D eigenvalue weighted by Gasteiger charge is 2.31. The number of nitrogens with zero attached hydrogens (tertiary/aromatic N) is 2. The van der Waals surface area contributed by atoms with Crippen LogP contribution in [0.25, 0.3) is 0 Å². The van der Waals surface area contributed by atoms with Crippen LogP contribution in [0.5, 0.6) is 0 Å². The first kappa shape index (κ1) is 21.6. The van der Waals surface area contributed by atoms with E-state index in [4.69, 9.17) is 4.74 Å². The number of hydrogen-bond acceptors (Lipinski definition) is 6. The van der Waals surface area contributed by atoms with Crippen molar-refractivity contribution in [3.63, 3.8) is 0 Å². The normalized spacial score (nSPS) is 15.0. The standard InChI is InChI=1S/C21H21F3N2O4/c1-29-19(27)15-4-2-14(3-5-15)13-30-20(28)16-8-10-26(11-9-16)18-7-6-17(12-25-18)21(22,23)24/h2-7,12,16H,8-11,13H2,1H3. The van der Waals surface area contributed by atoms with E-state index in [9.17, 15) is 22.8 Å². The maximum Gasteiger partial charge on any atom is 0.417 e. The summed E-state index contributed by atoms with van der Waals surface area (Å²) in [5.74, 6) is -0.564. The fraction of sp³-hybridized carbons (Fsp3) is 0.381. The topological polar surface area (TPSA) is 68.7 Å². The Labute approximate surface area is 171 Å². The van der Waals surface area contributed by atoms with Gasteiger partial charge in [-0.25, -0.2) is 9.78 Å². The first-order valence-electron chi connectivity index (χ1n) is 9.40. The van der Waals surface area contributed by atoms with E-state index >= 15 is 0 Å². The maximum absolute atomic E-state index is 12.6. The van der Waals surface area contributed by atoms with Crippen molar-refractivity contribution in [2.75, 3.05) is 25.1 Å². The summed E-state index contributed by atoms with van der Waals surface area (Å²) in [6.45, 7) is 1.11. The van der Waals surface area contributed by atoms with Gasteiger partial charge in [-0.1, -0.05) is 12.1 Å². The lowest BCUT2D eigenvalue weighted by Crippen LogP contribution is -2.37. The number of hydrogen-bond donors (Lipinski definition) is 0. The Morgan fingerprint density at radius 2 is 1.77 bits per heavy atom. The highest BCUT2D eigenvalue weighted by Crippen LogP contribution is 2.30. The Morgan fingerprint density at radius 3 is 2.30 bits per heavy atom. The van der Waals surface area contributed by atoms with Gasteiger partial charge in [0.25, 0.3) is 0 Å². The minimum absolute atomic E-state index is 0.0982. The third-order valence-electron chi connectivity index (χ3n) is 4.98. The second kappa shape index (κ2) is 9.15. The average Bonchev–Trinajstić information content (AvgIpc) is 2.77. The van der Waals surface area contributed by atoms with Crippen LogP contribution in [0.2, 0.25) is 0 Å². The summed E-state index contributed by atoms with van der Waals surface area (Å²) in [5, 5.41) is 0. The van der Waals surface area contributed by atoms with Gasteiger partial charge in [-0.2, -0.15) is 13.2 Å². The van der Waals surface area contributed by atoms with Crippen LogP contribution >= 0.6 is 0 Å². The molecule has 0 radical (unpaired) electrons. The lowest BCUT2D eigenvalue weighted by Gasteiger charge is -2.31. The number of pyridine rings is 1. The molecule has 1 aliphatic rings. The second-order valence-electron chi connectivity index (χ2n) is 6.96. The van der Waals surface area contributed by atoms with Gasteiger partial charge in [-0.05, 0) is 42.7 Å². The highest BCUT2D eigenvalue weighted by atomic mass is 19.4. The van der Waals surface area contributed by atoms with E-state index in [2.05, 4.69) is 9.72 Å². The van der Waals surface area contributed by atoms with Crippen LogP contribution in [0, 0.1) is 5.92 Å². The molecule has 1 aliphatic heterocycles. The molecule has 0 amide bonds. The summed E-state index contributed by atoms with van der Waals surface area (Å²) in [6.07, 6.45) is -2.53. The molecule has 0 spiro atoms. The summed E-state index contributed by atoms with van der Waals surface area (Å²) >= 11 is 0. The van der Waals surface area contributed by atoms with Crippen LogP contribution in [0.1, 0.15) is 34.3 Å². The molecule has 30 heavy (non-hydrogen) atoms. The number of anilines is 1. The van der Waals surface area contributed by atoms with Crippen LogP contribution in [0.4, 0.5) is 19.0 Å². The average molecular weight is 422 g/mol. The zero-order valence-electron chi connectivity index (χ0n) is 16.3. The summed E-state index contributed by atoms with van der Waals surface area (Å²) in [5.41, 5.74) is 0.378. The van der Waals surface area contributed by atoms with Crippen molar-refractivity contribution in [1.82, 2.24) is 4.98 Å². The molecule has 1 fully saturated rings. The van der Waals surface area contributed by atoms with Crippen LogP contribution in [0.15, 0.2) is 42.6 Å². The zero-order chi connectivity index (χ0) is 21.7. The largest absolute Gasteiger partial charge is 0.465 e. The van der Waals surface area contributed by atoms with Gasteiger partial charge in [-0.3, -0.25) is 4.79 Å². The third kappa shape index (κ3) is 5.28. The molecule has 1 aromatic carbocycles. The smallest absolute Gasteiger partial charge is 0.417 e. The van der Waals surface area contributed by atoms with Crippen LogP contribution < -0.4 is 4.90 Å². The van der Waals surface area contributed by atoms with E-state index in [1.807, 2.05) is 4.90 Å². The number of aromatic nitrogens is 1. The Balaban J connectivity index is 1.47. The van der Waals surface area contributed by atoms with Gasteiger partial charge < -0.3 is 14.4 Å². The molecule has 3 rings (SSSR count). The minimum atomic E-state index is -4.41. The quantitative estimate of drug-likeness (QED) is 0.682. The summed E-state index contributed by atoms with van der Waals surface area (Å²) in [7, 11) is 1.30. The van der Waals surface area contributed by atoms with E-state index in [0.29, 0.717) is 37.3 Å². The Bertz CT molecular complexity index is 875. The van der Waals surface area contributed by atoms with Gasteiger partial charge in [0.2, 0.25) is 0 Å². The number of piperidine rings is 1. The number of carbonyl (C=O) groups is 2. The lowest BCUT2D eigenvalue weighted by atomic mass is 9.97. The number of halogens is 3. The van der Waals surface area contributed by atoms with Gasteiger partial charge in [0, 0.05) is 19.3 Å². The zero-order valence-corrected chi connectivity index (χ0v) is 16.3. The van der Waals surface area contributed by atoms with Crippen molar-refractivity contribution in [3.05, 3.63) is 59.3 Å². The molecule has 0 atom stereocenters. The molecular weight excluding hydrogens is 401 g/mol. The van der Waals surface area contributed by atoms with Crippen molar-refractivity contribution >= 4 is 17.8 Å². The summed E-state index contributed by atoms with van der Waals surface area (Å²) < 4.78 is 47.9. The Kier molecular flexibility index (Phi) is 6.59. The molecule has 2 heterocycles. The van der Waals surface area contributed by atoms with E-state index in [1.165, 1.54) is 13.2 Å². The fourth-order valence-corrected chi connectivity index (χ4v) is 3.21. The predicted octanol–water partition coefficient (Wildman–Crippen LogP) is 3.85. The van der Waals surface area contributed by atoms with Crippen LogP contribution in [-0.2, 0) is 27.1 Å². The summed E-state index contributed by atoms with van der Waals surface area (Å²) in [6, 6.07) is 8.94. The highest BCUT2D eigenvalue weighted by molar-refractivity contribution is 5.89. The van der Waals surface area contributed by atoms with Gasteiger partial charge in [0.1, 0.15) is 12.4 Å². The van der Waals surface area contributed by atoms with Crippen molar-refractivity contribution in [3.8, 4) is 0 Å². The molecule has 9 heteroatoms. The third-order valence-corrected chi connectivity index (χ3v) is 4.98. The summed E-state index contributed by atoms with van der Waals surface area (Å²) in [4.78, 5) is 29.5. The molecule has 6 nitrogen and oxygen atoms in total. The molecular formula is C21H21F3N2O4. The van der Waals surface area contributed by atoms with Crippen molar-refractivity contribution in [1.29, 1.82) is 0 Å².